The highest BCUT2D eigenvalue weighted by Gasteiger charge is 2.27. The molecule has 0 spiro atoms. The first-order chi connectivity index (χ1) is 48.0. The summed E-state index contributed by atoms with van der Waals surface area (Å²) in [6, 6.07) is 0. The van der Waals surface area contributed by atoms with E-state index in [1.165, 1.54) is 186 Å². The lowest BCUT2D eigenvalue weighted by Crippen LogP contribution is -2.37. The van der Waals surface area contributed by atoms with Crippen LogP contribution in [0.4, 0.5) is 0 Å². The Morgan fingerprint density at radius 3 is 0.878 bits per heavy atom. The zero-order valence-electron chi connectivity index (χ0n) is 64.0. The van der Waals surface area contributed by atoms with E-state index in [0.29, 0.717) is 17.4 Å². The molecule has 0 aliphatic rings. The average Bonchev–Trinajstić information content (AvgIpc) is 1.08. The van der Waals surface area contributed by atoms with E-state index in [0.717, 1.165) is 116 Å². The number of carbonyl (C=O) groups excluding carboxylic acids is 2. The lowest BCUT2D eigenvalue weighted by molar-refractivity contribution is -0.870. The smallest absolute Gasteiger partial charge is 0.462 e. The number of carbonyl (C=O) groups is 2. The molecule has 2 unspecified atom stereocenters. The van der Waals surface area contributed by atoms with Crippen LogP contribution >= 0.6 is 7.82 Å². The Labute approximate surface area is 605 Å². The Morgan fingerprint density at radius 1 is 0.327 bits per heavy atom. The van der Waals surface area contributed by atoms with Crippen molar-refractivity contribution in [3.05, 3.63) is 158 Å². The topological polar surface area (TPSA) is 108 Å². The van der Waals surface area contributed by atoms with Crippen LogP contribution < -0.4 is 0 Å². The summed E-state index contributed by atoms with van der Waals surface area (Å²) in [5, 5.41) is 0. The minimum absolute atomic E-state index is 0.0183. The highest BCUT2D eigenvalue weighted by molar-refractivity contribution is 7.47. The molecule has 0 aromatic rings. The van der Waals surface area contributed by atoms with Crippen molar-refractivity contribution in [3.63, 3.8) is 0 Å². The molecule has 0 aromatic heterocycles. The molecule has 98 heavy (non-hydrogen) atoms. The lowest BCUT2D eigenvalue weighted by atomic mass is 10.0. The van der Waals surface area contributed by atoms with Gasteiger partial charge in [-0.3, -0.25) is 18.6 Å². The van der Waals surface area contributed by atoms with Gasteiger partial charge < -0.3 is 18.9 Å². The number of esters is 2. The fourth-order valence-electron chi connectivity index (χ4n) is 10.9. The molecule has 0 aromatic carbocycles. The van der Waals surface area contributed by atoms with Crippen molar-refractivity contribution >= 4 is 19.8 Å². The number of rotatable bonds is 73. The Balaban J connectivity index is 4.07. The summed E-state index contributed by atoms with van der Waals surface area (Å²) in [5.41, 5.74) is 0. The summed E-state index contributed by atoms with van der Waals surface area (Å²) in [5.74, 6) is -0.834. The zero-order chi connectivity index (χ0) is 71.1. The summed E-state index contributed by atoms with van der Waals surface area (Å²) in [7, 11) is 1.44. The van der Waals surface area contributed by atoms with Gasteiger partial charge in [0.05, 0.1) is 27.7 Å². The van der Waals surface area contributed by atoms with Crippen LogP contribution in [0.2, 0.25) is 0 Å². The molecule has 10 heteroatoms. The molecule has 0 saturated carbocycles. The predicted octanol–water partition coefficient (Wildman–Crippen LogP) is 27.1. The fraction of sp³-hybridized carbons (Fsp3) is 0.682. The predicted molar refractivity (Wildman–Crippen MR) is 426 cm³/mol. The van der Waals surface area contributed by atoms with Crippen LogP contribution in [0.5, 0.6) is 0 Å². The highest BCUT2D eigenvalue weighted by atomic mass is 31.2. The molecule has 0 radical (unpaired) electrons. The fourth-order valence-corrected chi connectivity index (χ4v) is 11.7. The second-order valence-corrected chi connectivity index (χ2v) is 29.2. The lowest BCUT2D eigenvalue weighted by Gasteiger charge is -2.24. The number of hydrogen-bond acceptors (Lipinski definition) is 7. The van der Waals surface area contributed by atoms with Gasteiger partial charge in [0.25, 0.3) is 0 Å². The van der Waals surface area contributed by atoms with Gasteiger partial charge in [-0.05, 0) is 128 Å². The SMILES string of the molecule is CC/C=C\C/C=C\C/C=C\C/C=C\C/C=C\C/C=C\C/C=C\C/C=C\C/C=C\C/C=C\C/C=C\CCCCCC(=O)OC(COC(=O)CCCCCCCCCCCCCCCCCCCCCCCCCCC/C=C\C/C=C\CCCCCCC)COP(=O)(O)OCC[N+](C)(C)C. The molecule has 0 aliphatic heterocycles. The standard InChI is InChI=1S/C88H150NO8P/c1-6-8-10-12-14-16-18-20-22-24-26-28-30-32-34-36-38-40-42-44-46-48-50-52-54-56-58-60-62-64-66-68-70-72-74-76-78-80-87(90)94-84-86(85-96-98(92,93)95-83-82-89(3,4)5)97-88(91)81-79-77-75-73-71-69-67-65-63-61-59-57-55-53-51-49-47-45-43-41-39-37-35-33-31-29-27-25-23-21-19-17-15-13-11-9-7-2/h9,11,15,17-18,20-21,23-24,26-27,29,33,35,39,41,45,47,51,53,57,59,63,65,69,71,86H,6-8,10,12-14,16,19,22,25,28,30-32,34,36-38,40,42-44,46,48-50,52,54-56,58,60-62,64,66-68,70,72-85H2,1-5H3/p+1/b11-9-,17-15-,20-18-,23-21-,26-24-,29-27-,35-33-,41-39-,47-45-,53-51-,59-57-,65-63-,71-69-. The van der Waals surface area contributed by atoms with Gasteiger partial charge in [0, 0.05) is 12.8 Å². The first kappa shape index (κ1) is 93.6. The van der Waals surface area contributed by atoms with Gasteiger partial charge in [0.2, 0.25) is 0 Å². The summed E-state index contributed by atoms with van der Waals surface area (Å²) in [4.78, 5) is 36.0. The van der Waals surface area contributed by atoms with Crippen molar-refractivity contribution < 1.29 is 42.1 Å². The number of ether oxygens (including phenoxy) is 2. The average molecular weight is 1380 g/mol. The minimum atomic E-state index is -4.42. The van der Waals surface area contributed by atoms with Crippen LogP contribution in [0.15, 0.2) is 158 Å². The maximum Gasteiger partial charge on any atom is 0.472 e. The summed E-state index contributed by atoms with van der Waals surface area (Å²) < 4.78 is 34.8. The van der Waals surface area contributed by atoms with Crippen LogP contribution in [0, 0.1) is 0 Å². The third kappa shape index (κ3) is 80.6. The number of quaternary nitrogens is 1. The van der Waals surface area contributed by atoms with Gasteiger partial charge in [-0.1, -0.05) is 352 Å². The maximum absolute atomic E-state index is 12.9. The largest absolute Gasteiger partial charge is 0.472 e. The van der Waals surface area contributed by atoms with E-state index in [4.69, 9.17) is 18.5 Å². The summed E-state index contributed by atoms with van der Waals surface area (Å²) >= 11 is 0. The molecule has 560 valence electrons. The highest BCUT2D eigenvalue weighted by Crippen LogP contribution is 2.43. The molecule has 0 heterocycles. The maximum atomic E-state index is 12.9. The number of likely N-dealkylation sites (N-methyl/N-ethyl adjacent to an activating group) is 1. The first-order valence-electron chi connectivity index (χ1n) is 40.2. The van der Waals surface area contributed by atoms with Gasteiger partial charge in [-0.25, -0.2) is 4.57 Å². The minimum Gasteiger partial charge on any atom is -0.462 e. The third-order valence-electron chi connectivity index (χ3n) is 17.0. The Hall–Kier alpha value is -4.37. The van der Waals surface area contributed by atoms with Crippen molar-refractivity contribution in [2.45, 2.75) is 341 Å². The molecule has 2 atom stereocenters. The van der Waals surface area contributed by atoms with E-state index < -0.39 is 26.5 Å². The molecular weight excluding hydrogens is 1230 g/mol. The van der Waals surface area contributed by atoms with Crippen molar-refractivity contribution in [1.29, 1.82) is 0 Å². The van der Waals surface area contributed by atoms with Gasteiger partial charge in [-0.15, -0.1) is 0 Å². The number of allylic oxidation sites excluding steroid dienone is 26. The van der Waals surface area contributed by atoms with E-state index in [1.54, 1.807) is 0 Å². The number of hydrogen-bond donors (Lipinski definition) is 1. The first-order valence-corrected chi connectivity index (χ1v) is 41.7. The van der Waals surface area contributed by atoms with Crippen molar-refractivity contribution in [2.24, 2.45) is 0 Å². The van der Waals surface area contributed by atoms with Crippen molar-refractivity contribution in [3.8, 4) is 0 Å². The normalized spacial score (nSPS) is 13.9. The second-order valence-electron chi connectivity index (χ2n) is 27.7. The van der Waals surface area contributed by atoms with E-state index >= 15 is 0 Å². The molecule has 0 aliphatic carbocycles. The monoisotopic (exact) mass is 1380 g/mol. The molecule has 0 bridgehead atoms. The Bertz CT molecular complexity index is 2220. The van der Waals surface area contributed by atoms with Gasteiger partial charge in [0.15, 0.2) is 6.10 Å². The number of phosphoric acid groups is 1. The second kappa shape index (κ2) is 76.8. The Kier molecular flexibility index (Phi) is 73.4. The van der Waals surface area contributed by atoms with Crippen molar-refractivity contribution in [2.75, 3.05) is 47.5 Å². The van der Waals surface area contributed by atoms with Crippen LogP contribution in [0.1, 0.15) is 335 Å². The summed E-state index contributed by atoms with van der Waals surface area (Å²) in [6.07, 6.45) is 115. The quantitative estimate of drug-likeness (QED) is 0.0211. The van der Waals surface area contributed by atoms with E-state index in [1.807, 2.05) is 21.1 Å². The molecule has 1 N–H and O–H groups in total. The number of unbranched alkanes of at least 4 members (excludes halogenated alkanes) is 33. The van der Waals surface area contributed by atoms with Crippen LogP contribution in [0.25, 0.3) is 0 Å². The van der Waals surface area contributed by atoms with E-state index in [-0.39, 0.29) is 32.0 Å². The molecule has 9 nitrogen and oxygen atoms in total. The zero-order valence-corrected chi connectivity index (χ0v) is 64.9. The Morgan fingerprint density at radius 2 is 0.582 bits per heavy atom. The molecule has 0 amide bonds. The van der Waals surface area contributed by atoms with Gasteiger partial charge in [-0.2, -0.15) is 0 Å². The van der Waals surface area contributed by atoms with Crippen LogP contribution in [-0.4, -0.2) is 74.9 Å². The summed E-state index contributed by atoms with van der Waals surface area (Å²) in [6.45, 7) is 4.29. The molecular formula is C88H151NO8P+. The van der Waals surface area contributed by atoms with Crippen LogP contribution in [0.3, 0.4) is 0 Å². The molecule has 0 saturated heterocycles. The van der Waals surface area contributed by atoms with Gasteiger partial charge >= 0.3 is 19.8 Å². The third-order valence-corrected chi connectivity index (χ3v) is 18.0. The number of phosphoric ester groups is 1. The molecule has 0 rings (SSSR count). The van der Waals surface area contributed by atoms with Crippen LogP contribution in [-0.2, 0) is 32.7 Å². The van der Waals surface area contributed by atoms with Gasteiger partial charge in [0.1, 0.15) is 19.8 Å². The molecule has 0 fully saturated rings. The van der Waals surface area contributed by atoms with E-state index in [9.17, 15) is 19.0 Å². The van der Waals surface area contributed by atoms with Crippen molar-refractivity contribution in [1.82, 2.24) is 0 Å². The van der Waals surface area contributed by atoms with E-state index in [2.05, 4.69) is 172 Å². The number of nitrogens with zero attached hydrogens (tertiary/aromatic N) is 1.